The molecule has 5 rings (SSSR count). The van der Waals surface area contributed by atoms with Crippen molar-refractivity contribution in [1.82, 2.24) is 19.6 Å². The van der Waals surface area contributed by atoms with Gasteiger partial charge in [0, 0.05) is 31.1 Å². The molecule has 30 heavy (non-hydrogen) atoms. The summed E-state index contributed by atoms with van der Waals surface area (Å²) in [4.78, 5) is 18.1. The molecule has 0 N–H and O–H groups in total. The van der Waals surface area contributed by atoms with Crippen molar-refractivity contribution in [3.8, 4) is 0 Å². The maximum atomic E-state index is 13.4. The lowest BCUT2D eigenvalue weighted by molar-refractivity contribution is 0.0675. The van der Waals surface area contributed by atoms with Crippen molar-refractivity contribution < 1.29 is 4.79 Å². The predicted octanol–water partition coefficient (Wildman–Crippen LogP) is 4.36. The molecule has 0 aliphatic carbocycles. The predicted molar refractivity (Wildman–Crippen MR) is 119 cm³/mol. The molecule has 1 amide bonds. The monoisotopic (exact) mass is 402 g/mol. The van der Waals surface area contributed by atoms with E-state index >= 15 is 0 Å². The quantitative estimate of drug-likeness (QED) is 0.651. The highest BCUT2D eigenvalue weighted by Gasteiger charge is 2.30. The van der Waals surface area contributed by atoms with E-state index in [2.05, 4.69) is 52.2 Å². The molecule has 1 saturated heterocycles. The first-order valence-electron chi connectivity index (χ1n) is 11.2. The Bertz CT molecular complexity index is 1020. The number of rotatable bonds is 4. The number of piperidine rings is 1. The van der Waals surface area contributed by atoms with Crippen LogP contribution in [0.4, 0.5) is 0 Å². The average molecular weight is 403 g/mol. The number of nitrogens with zero attached hydrogens (tertiary/aromatic N) is 4. The maximum Gasteiger partial charge on any atom is 0.272 e. The lowest BCUT2D eigenvalue weighted by atomic mass is 9.94. The number of fused-ring (bicyclic) bond motifs is 3. The number of amides is 1. The SMILES string of the molecule is CC(c1ccccc1)N1CCC(CN2CCCn3nc4ccccc4c3C2=O)CC1. The first-order chi connectivity index (χ1) is 14.7. The van der Waals surface area contributed by atoms with Crippen LogP contribution in [-0.4, -0.2) is 51.7 Å². The Hall–Kier alpha value is -2.66. The zero-order valence-electron chi connectivity index (χ0n) is 17.7. The zero-order valence-corrected chi connectivity index (χ0v) is 17.7. The molecule has 0 spiro atoms. The van der Waals surface area contributed by atoms with Gasteiger partial charge in [-0.2, -0.15) is 5.10 Å². The maximum absolute atomic E-state index is 13.4. The smallest absolute Gasteiger partial charge is 0.272 e. The molecule has 2 aromatic carbocycles. The molecule has 1 aromatic heterocycles. The van der Waals surface area contributed by atoms with Gasteiger partial charge in [0.2, 0.25) is 0 Å². The van der Waals surface area contributed by atoms with Crippen LogP contribution in [0.5, 0.6) is 0 Å². The van der Waals surface area contributed by atoms with E-state index in [1.165, 1.54) is 5.56 Å². The van der Waals surface area contributed by atoms with E-state index in [-0.39, 0.29) is 5.91 Å². The standard InChI is InChI=1S/C25H30N4O/c1-19(21-8-3-2-4-9-21)27-16-12-20(13-17-27)18-28-14-7-15-29-24(25(28)30)22-10-5-6-11-23(22)26-29/h2-6,8-11,19-20H,7,12-18H2,1H3. The molecule has 5 nitrogen and oxygen atoms in total. The summed E-state index contributed by atoms with van der Waals surface area (Å²) in [5.74, 6) is 0.732. The van der Waals surface area contributed by atoms with Crippen molar-refractivity contribution in [2.45, 2.75) is 38.8 Å². The largest absolute Gasteiger partial charge is 0.337 e. The van der Waals surface area contributed by atoms with E-state index in [1.54, 1.807) is 0 Å². The molecule has 3 heterocycles. The summed E-state index contributed by atoms with van der Waals surface area (Å²) in [6.45, 7) is 7.02. The van der Waals surface area contributed by atoms with Crippen molar-refractivity contribution in [3.63, 3.8) is 0 Å². The number of benzene rings is 2. The highest BCUT2D eigenvalue weighted by molar-refractivity contribution is 6.05. The van der Waals surface area contributed by atoms with Crippen molar-refractivity contribution >= 4 is 16.8 Å². The minimum absolute atomic E-state index is 0.154. The molecule has 5 heteroatoms. The normalized spacial score (nSPS) is 19.6. The third-order valence-corrected chi connectivity index (χ3v) is 6.89. The molecule has 1 unspecified atom stereocenters. The molecule has 3 aromatic rings. The fourth-order valence-corrected chi connectivity index (χ4v) is 5.08. The van der Waals surface area contributed by atoms with Crippen LogP contribution in [0.2, 0.25) is 0 Å². The van der Waals surface area contributed by atoms with Gasteiger partial charge in [0.25, 0.3) is 5.91 Å². The fraction of sp³-hybridized carbons (Fsp3) is 0.440. The summed E-state index contributed by atoms with van der Waals surface area (Å²) < 4.78 is 1.93. The van der Waals surface area contributed by atoms with Crippen LogP contribution in [0.15, 0.2) is 54.6 Å². The second-order valence-corrected chi connectivity index (χ2v) is 8.76. The third kappa shape index (κ3) is 3.63. The summed E-state index contributed by atoms with van der Waals surface area (Å²) in [6.07, 6.45) is 3.28. The molecule has 1 atom stereocenters. The fourth-order valence-electron chi connectivity index (χ4n) is 5.08. The molecule has 156 valence electrons. The zero-order chi connectivity index (χ0) is 20.5. The second-order valence-electron chi connectivity index (χ2n) is 8.76. The Labute approximate surface area is 178 Å². The van der Waals surface area contributed by atoms with Gasteiger partial charge in [-0.1, -0.05) is 48.5 Å². The number of aryl methyl sites for hydroxylation is 1. The average Bonchev–Trinajstić information content (AvgIpc) is 3.09. The lowest BCUT2D eigenvalue weighted by Gasteiger charge is -2.37. The van der Waals surface area contributed by atoms with Gasteiger partial charge >= 0.3 is 0 Å². The van der Waals surface area contributed by atoms with Gasteiger partial charge in [0.05, 0.1) is 5.52 Å². The van der Waals surface area contributed by atoms with Crippen molar-refractivity contribution in [1.29, 1.82) is 0 Å². The second kappa shape index (κ2) is 8.23. The lowest BCUT2D eigenvalue weighted by Crippen LogP contribution is -2.41. The highest BCUT2D eigenvalue weighted by atomic mass is 16.2. The van der Waals surface area contributed by atoms with Crippen molar-refractivity contribution in [2.24, 2.45) is 5.92 Å². The minimum atomic E-state index is 0.154. The van der Waals surface area contributed by atoms with E-state index in [9.17, 15) is 4.79 Å². The van der Waals surface area contributed by atoms with Crippen LogP contribution in [0, 0.1) is 5.92 Å². The van der Waals surface area contributed by atoms with Crippen LogP contribution >= 0.6 is 0 Å². The Morgan fingerprint density at radius 2 is 1.70 bits per heavy atom. The topological polar surface area (TPSA) is 41.4 Å². The molecule has 2 aliphatic rings. The van der Waals surface area contributed by atoms with Gasteiger partial charge in [-0.3, -0.25) is 14.4 Å². The summed E-state index contributed by atoms with van der Waals surface area (Å²) in [6, 6.07) is 19.2. The van der Waals surface area contributed by atoms with Crippen LogP contribution in [0.1, 0.15) is 48.3 Å². The Morgan fingerprint density at radius 3 is 2.50 bits per heavy atom. The van der Waals surface area contributed by atoms with E-state index in [0.29, 0.717) is 12.0 Å². The van der Waals surface area contributed by atoms with Gasteiger partial charge in [0.15, 0.2) is 0 Å². The van der Waals surface area contributed by atoms with E-state index in [0.717, 1.165) is 68.6 Å². The number of hydrogen-bond donors (Lipinski definition) is 0. The van der Waals surface area contributed by atoms with Crippen molar-refractivity contribution in [3.05, 3.63) is 65.9 Å². The highest BCUT2D eigenvalue weighted by Crippen LogP contribution is 2.28. The van der Waals surface area contributed by atoms with Gasteiger partial charge in [-0.25, -0.2) is 0 Å². The summed E-state index contributed by atoms with van der Waals surface area (Å²) in [7, 11) is 0. The molecule has 0 saturated carbocycles. The number of hydrogen-bond acceptors (Lipinski definition) is 3. The molecule has 0 radical (unpaired) electrons. The van der Waals surface area contributed by atoms with E-state index in [1.807, 2.05) is 28.9 Å². The minimum Gasteiger partial charge on any atom is -0.337 e. The van der Waals surface area contributed by atoms with Crippen LogP contribution in [0.25, 0.3) is 10.9 Å². The van der Waals surface area contributed by atoms with Crippen LogP contribution < -0.4 is 0 Å². The van der Waals surface area contributed by atoms with Gasteiger partial charge in [0.1, 0.15) is 5.69 Å². The number of carbonyl (C=O) groups is 1. The van der Waals surface area contributed by atoms with Gasteiger partial charge < -0.3 is 4.90 Å². The Balaban J connectivity index is 1.25. The molecule has 1 fully saturated rings. The Morgan fingerprint density at radius 1 is 0.967 bits per heavy atom. The van der Waals surface area contributed by atoms with Gasteiger partial charge in [-0.15, -0.1) is 0 Å². The third-order valence-electron chi connectivity index (χ3n) is 6.89. The first kappa shape index (κ1) is 19.3. The van der Waals surface area contributed by atoms with Crippen LogP contribution in [-0.2, 0) is 6.54 Å². The summed E-state index contributed by atoms with van der Waals surface area (Å²) in [5, 5.41) is 5.65. The van der Waals surface area contributed by atoms with Crippen molar-refractivity contribution in [2.75, 3.05) is 26.2 Å². The van der Waals surface area contributed by atoms with E-state index < -0.39 is 0 Å². The summed E-state index contributed by atoms with van der Waals surface area (Å²) in [5.41, 5.74) is 3.09. The van der Waals surface area contributed by atoms with Crippen LogP contribution in [0.3, 0.4) is 0 Å². The Kier molecular flexibility index (Phi) is 5.30. The van der Waals surface area contributed by atoms with Gasteiger partial charge in [-0.05, 0) is 56.8 Å². The number of aromatic nitrogens is 2. The van der Waals surface area contributed by atoms with E-state index in [4.69, 9.17) is 0 Å². The number of likely N-dealkylation sites (tertiary alicyclic amines) is 1. The first-order valence-corrected chi connectivity index (χ1v) is 11.2. The molecular weight excluding hydrogens is 372 g/mol. The molecule has 2 aliphatic heterocycles. The number of carbonyl (C=O) groups excluding carboxylic acids is 1. The molecule has 0 bridgehead atoms. The molecular formula is C25H30N4O. The summed E-state index contributed by atoms with van der Waals surface area (Å²) >= 11 is 0.